The van der Waals surface area contributed by atoms with Crippen molar-refractivity contribution in [1.29, 1.82) is 0 Å². The standard InChI is InChI=1S/C17H18N2O/c1-12(2)8-10-14(4)16-18-19-17(20-16)15-7-5-6-13(3)9-11-15/h5-6,8-11H,1,4,7H2,2-3H3/b10-8-. The fourth-order valence-electron chi connectivity index (χ4n) is 1.68. The first-order valence-electron chi connectivity index (χ1n) is 6.47. The average molecular weight is 266 g/mol. The highest BCUT2D eigenvalue weighted by atomic mass is 16.4. The number of rotatable bonds is 4. The molecule has 0 radical (unpaired) electrons. The van der Waals surface area contributed by atoms with Crippen molar-refractivity contribution in [1.82, 2.24) is 10.2 Å². The summed E-state index contributed by atoms with van der Waals surface area (Å²) in [7, 11) is 0. The number of nitrogens with zero attached hydrogens (tertiary/aromatic N) is 2. The largest absolute Gasteiger partial charge is 0.416 e. The predicted octanol–water partition coefficient (Wildman–Crippen LogP) is 4.50. The minimum atomic E-state index is 0.437. The molecule has 0 saturated carbocycles. The molecule has 0 aromatic carbocycles. The third-order valence-corrected chi connectivity index (χ3v) is 2.81. The summed E-state index contributed by atoms with van der Waals surface area (Å²) in [5, 5.41) is 8.13. The minimum absolute atomic E-state index is 0.437. The van der Waals surface area contributed by atoms with Crippen LogP contribution in [0, 0.1) is 0 Å². The molecule has 1 heterocycles. The summed E-state index contributed by atoms with van der Waals surface area (Å²) in [5.74, 6) is 0.979. The van der Waals surface area contributed by atoms with E-state index in [-0.39, 0.29) is 0 Å². The molecule has 0 fully saturated rings. The Balaban J connectivity index is 2.19. The Morgan fingerprint density at radius 1 is 1.25 bits per heavy atom. The van der Waals surface area contributed by atoms with E-state index in [1.54, 1.807) is 0 Å². The van der Waals surface area contributed by atoms with Crippen molar-refractivity contribution in [2.75, 3.05) is 0 Å². The Labute approximate surface area is 119 Å². The van der Waals surface area contributed by atoms with Crippen molar-refractivity contribution < 1.29 is 4.42 Å². The molecular weight excluding hydrogens is 248 g/mol. The quantitative estimate of drug-likeness (QED) is 0.753. The summed E-state index contributed by atoms with van der Waals surface area (Å²) < 4.78 is 5.67. The molecule has 0 amide bonds. The molecule has 1 aromatic rings. The van der Waals surface area contributed by atoms with Crippen molar-refractivity contribution in [3.8, 4) is 0 Å². The second kappa shape index (κ2) is 6.15. The molecule has 0 spiro atoms. The molecule has 3 heteroatoms. The Morgan fingerprint density at radius 3 is 2.80 bits per heavy atom. The summed E-state index contributed by atoms with van der Waals surface area (Å²) in [5.41, 5.74) is 3.84. The first-order chi connectivity index (χ1) is 9.56. The number of hydrogen-bond acceptors (Lipinski definition) is 3. The van der Waals surface area contributed by atoms with Crippen LogP contribution in [0.2, 0.25) is 0 Å². The second-order valence-corrected chi connectivity index (χ2v) is 4.83. The van der Waals surface area contributed by atoms with Gasteiger partial charge in [0.05, 0.1) is 0 Å². The van der Waals surface area contributed by atoms with E-state index < -0.39 is 0 Å². The van der Waals surface area contributed by atoms with Gasteiger partial charge in [-0.05, 0) is 26.3 Å². The van der Waals surface area contributed by atoms with E-state index in [2.05, 4.69) is 42.4 Å². The summed E-state index contributed by atoms with van der Waals surface area (Å²) >= 11 is 0. The third-order valence-electron chi connectivity index (χ3n) is 2.81. The van der Waals surface area contributed by atoms with Crippen LogP contribution in [0.3, 0.4) is 0 Å². The lowest BCUT2D eigenvalue weighted by Crippen LogP contribution is -1.82. The van der Waals surface area contributed by atoms with Gasteiger partial charge in [0.2, 0.25) is 11.8 Å². The maximum atomic E-state index is 5.67. The van der Waals surface area contributed by atoms with Crippen molar-refractivity contribution in [3.63, 3.8) is 0 Å². The summed E-state index contributed by atoms with van der Waals surface area (Å²) in [6.07, 6.45) is 12.7. The highest BCUT2D eigenvalue weighted by Gasteiger charge is 2.11. The molecule has 0 saturated heterocycles. The van der Waals surface area contributed by atoms with Crippen LogP contribution >= 0.6 is 0 Å². The highest BCUT2D eigenvalue weighted by molar-refractivity contribution is 5.68. The van der Waals surface area contributed by atoms with E-state index in [9.17, 15) is 0 Å². The lowest BCUT2D eigenvalue weighted by Gasteiger charge is -1.96. The summed E-state index contributed by atoms with van der Waals surface area (Å²) in [4.78, 5) is 0. The van der Waals surface area contributed by atoms with Gasteiger partial charge in [0.25, 0.3) is 0 Å². The van der Waals surface area contributed by atoms with Gasteiger partial charge < -0.3 is 4.42 Å². The summed E-state index contributed by atoms with van der Waals surface area (Å²) in [6.45, 7) is 11.7. The van der Waals surface area contributed by atoms with Crippen molar-refractivity contribution in [2.24, 2.45) is 0 Å². The SMILES string of the molecule is C=C(C)/C=C\C(=C)c1nnc(C2=CC=C(C)C=CC2)o1. The maximum Gasteiger partial charge on any atom is 0.247 e. The van der Waals surface area contributed by atoms with Crippen LogP contribution in [-0.2, 0) is 0 Å². The zero-order chi connectivity index (χ0) is 14.5. The molecule has 0 atom stereocenters. The Hall–Kier alpha value is -2.42. The molecule has 2 rings (SSSR count). The van der Waals surface area contributed by atoms with Crippen LogP contribution in [0.15, 0.2) is 65.2 Å². The van der Waals surface area contributed by atoms with E-state index in [1.165, 1.54) is 5.57 Å². The maximum absolute atomic E-state index is 5.67. The molecule has 3 nitrogen and oxygen atoms in total. The number of allylic oxidation sites excluding steroid dienone is 10. The fourth-order valence-corrected chi connectivity index (χ4v) is 1.68. The van der Waals surface area contributed by atoms with Crippen LogP contribution in [0.1, 0.15) is 32.0 Å². The van der Waals surface area contributed by atoms with Gasteiger partial charge in [-0.1, -0.05) is 54.7 Å². The molecule has 102 valence electrons. The van der Waals surface area contributed by atoms with E-state index in [4.69, 9.17) is 4.42 Å². The van der Waals surface area contributed by atoms with E-state index in [0.29, 0.717) is 17.4 Å². The second-order valence-electron chi connectivity index (χ2n) is 4.83. The molecule has 1 aromatic heterocycles. The Bertz CT molecular complexity index is 654. The monoisotopic (exact) mass is 266 g/mol. The minimum Gasteiger partial charge on any atom is -0.416 e. The molecule has 0 unspecified atom stereocenters. The molecular formula is C17H18N2O. The first kappa shape index (κ1) is 14.0. The molecule has 20 heavy (non-hydrogen) atoms. The normalized spacial score (nSPS) is 14.9. The Morgan fingerprint density at radius 2 is 2.05 bits per heavy atom. The number of hydrogen-bond donors (Lipinski definition) is 0. The zero-order valence-electron chi connectivity index (χ0n) is 11.9. The lowest BCUT2D eigenvalue weighted by atomic mass is 10.2. The van der Waals surface area contributed by atoms with Gasteiger partial charge in [0.1, 0.15) is 0 Å². The van der Waals surface area contributed by atoms with Gasteiger partial charge in [-0.3, -0.25) is 0 Å². The van der Waals surface area contributed by atoms with E-state index in [1.807, 2.05) is 31.2 Å². The van der Waals surface area contributed by atoms with Crippen molar-refractivity contribution >= 4 is 11.1 Å². The van der Waals surface area contributed by atoms with Crippen LogP contribution in [0.4, 0.5) is 0 Å². The van der Waals surface area contributed by atoms with Gasteiger partial charge in [-0.25, -0.2) is 0 Å². The van der Waals surface area contributed by atoms with Crippen molar-refractivity contribution in [3.05, 3.63) is 72.5 Å². The summed E-state index contributed by atoms with van der Waals surface area (Å²) in [6, 6.07) is 0. The van der Waals surface area contributed by atoms with Crippen LogP contribution in [0.25, 0.3) is 11.1 Å². The average Bonchev–Trinajstić information content (AvgIpc) is 2.80. The topological polar surface area (TPSA) is 38.9 Å². The van der Waals surface area contributed by atoms with Gasteiger partial charge >= 0.3 is 0 Å². The first-order valence-corrected chi connectivity index (χ1v) is 6.47. The van der Waals surface area contributed by atoms with Crippen LogP contribution in [-0.4, -0.2) is 10.2 Å². The van der Waals surface area contributed by atoms with E-state index in [0.717, 1.165) is 17.6 Å². The number of aromatic nitrogens is 2. The van der Waals surface area contributed by atoms with Gasteiger partial charge in [0, 0.05) is 11.1 Å². The van der Waals surface area contributed by atoms with Crippen molar-refractivity contribution in [2.45, 2.75) is 20.3 Å². The molecule has 0 bridgehead atoms. The van der Waals surface area contributed by atoms with Crippen LogP contribution < -0.4 is 0 Å². The molecule has 0 N–H and O–H groups in total. The molecule has 1 aliphatic rings. The molecule has 1 aliphatic carbocycles. The lowest BCUT2D eigenvalue weighted by molar-refractivity contribution is 0.524. The van der Waals surface area contributed by atoms with Gasteiger partial charge in [-0.15, -0.1) is 10.2 Å². The fraction of sp³-hybridized carbons (Fsp3) is 0.176. The molecule has 0 aliphatic heterocycles. The predicted molar refractivity (Wildman–Crippen MR) is 82.8 cm³/mol. The van der Waals surface area contributed by atoms with Gasteiger partial charge in [0.15, 0.2) is 0 Å². The van der Waals surface area contributed by atoms with Gasteiger partial charge in [-0.2, -0.15) is 0 Å². The Kier molecular flexibility index (Phi) is 4.31. The third kappa shape index (κ3) is 3.54. The van der Waals surface area contributed by atoms with E-state index >= 15 is 0 Å². The van der Waals surface area contributed by atoms with Crippen LogP contribution in [0.5, 0.6) is 0 Å². The highest BCUT2D eigenvalue weighted by Crippen LogP contribution is 2.23. The zero-order valence-corrected chi connectivity index (χ0v) is 11.9. The smallest absolute Gasteiger partial charge is 0.247 e.